The fraction of sp³-hybridized carbons (Fsp3) is 0.125. The minimum atomic E-state index is -0.652. The summed E-state index contributed by atoms with van der Waals surface area (Å²) >= 11 is 0. The fourth-order valence-corrected chi connectivity index (χ4v) is 3.59. The summed E-state index contributed by atoms with van der Waals surface area (Å²) in [6, 6.07) is 14.6. The molecular weight excluding hydrogens is 410 g/mol. The lowest BCUT2D eigenvalue weighted by Crippen LogP contribution is -2.23. The summed E-state index contributed by atoms with van der Waals surface area (Å²) in [6.45, 7) is 4.00. The van der Waals surface area contributed by atoms with E-state index in [0.717, 1.165) is 11.8 Å². The van der Waals surface area contributed by atoms with Gasteiger partial charge < -0.3 is 0 Å². The van der Waals surface area contributed by atoms with Crippen LogP contribution in [0.1, 0.15) is 25.2 Å². The van der Waals surface area contributed by atoms with Gasteiger partial charge in [-0.3, -0.25) is 9.55 Å². The van der Waals surface area contributed by atoms with Gasteiger partial charge in [0.25, 0.3) is 0 Å². The van der Waals surface area contributed by atoms with Crippen molar-refractivity contribution < 1.29 is 8.78 Å². The number of hydrogen-bond donors (Lipinski definition) is 0. The van der Waals surface area contributed by atoms with Gasteiger partial charge in [0.2, 0.25) is 0 Å². The molecule has 0 saturated heterocycles. The number of nitrogens with zero attached hydrogens (tertiary/aromatic N) is 6. The highest BCUT2D eigenvalue weighted by molar-refractivity contribution is 5.67. The molecule has 0 fully saturated rings. The molecule has 0 spiro atoms. The molecule has 4 heterocycles. The minimum Gasteiger partial charge on any atom is -0.266 e. The number of halogens is 2. The highest BCUT2D eigenvalue weighted by Crippen LogP contribution is 2.31. The maximum atomic E-state index is 14.3. The Kier molecular flexibility index (Phi) is 4.70. The number of imidazole rings is 1. The van der Waals surface area contributed by atoms with Crippen molar-refractivity contribution in [3.63, 3.8) is 0 Å². The number of pyridine rings is 2. The summed E-state index contributed by atoms with van der Waals surface area (Å²) in [6.07, 6.45) is 4.84. The van der Waals surface area contributed by atoms with E-state index in [1.165, 1.54) is 12.1 Å². The Hall–Kier alpha value is -4.07. The Balaban J connectivity index is 1.56. The molecule has 158 valence electrons. The van der Waals surface area contributed by atoms with Gasteiger partial charge in [0.05, 0.1) is 17.1 Å². The summed E-state index contributed by atoms with van der Waals surface area (Å²) in [5.41, 5.74) is 2.71. The second kappa shape index (κ2) is 7.56. The summed E-state index contributed by atoms with van der Waals surface area (Å²) in [5.74, 6) is -0.625. The molecule has 32 heavy (non-hydrogen) atoms. The third-order valence-electron chi connectivity index (χ3n) is 5.40. The SMILES string of the molecule is CC(C)(c1cccc(-c2ccc(F)cc2F)n1)c1cccc(-n2cnc3nccnc32)n1. The zero-order chi connectivity index (χ0) is 22.3. The van der Waals surface area contributed by atoms with Crippen molar-refractivity contribution in [1.82, 2.24) is 29.5 Å². The molecule has 5 rings (SSSR count). The van der Waals surface area contributed by atoms with Crippen LogP contribution in [0.5, 0.6) is 0 Å². The second-order valence-corrected chi connectivity index (χ2v) is 7.86. The molecule has 0 atom stereocenters. The van der Waals surface area contributed by atoms with E-state index in [9.17, 15) is 8.78 Å². The monoisotopic (exact) mass is 428 g/mol. The molecule has 0 saturated carbocycles. The van der Waals surface area contributed by atoms with E-state index in [1.54, 1.807) is 29.4 Å². The second-order valence-electron chi connectivity index (χ2n) is 7.86. The molecule has 0 N–H and O–H groups in total. The van der Waals surface area contributed by atoms with E-state index in [-0.39, 0.29) is 5.56 Å². The lowest BCUT2D eigenvalue weighted by atomic mass is 9.84. The Labute approximate surface area is 182 Å². The van der Waals surface area contributed by atoms with Crippen LogP contribution in [0.3, 0.4) is 0 Å². The summed E-state index contributed by atoms with van der Waals surface area (Å²) in [5, 5.41) is 0. The fourth-order valence-electron chi connectivity index (χ4n) is 3.59. The highest BCUT2D eigenvalue weighted by Gasteiger charge is 2.27. The molecule has 5 aromatic rings. The quantitative estimate of drug-likeness (QED) is 0.408. The smallest absolute Gasteiger partial charge is 0.197 e. The van der Waals surface area contributed by atoms with Gasteiger partial charge in [0.15, 0.2) is 11.3 Å². The molecule has 0 aliphatic carbocycles. The lowest BCUT2D eigenvalue weighted by Gasteiger charge is -2.24. The van der Waals surface area contributed by atoms with Crippen molar-refractivity contribution in [3.05, 3.63) is 96.3 Å². The van der Waals surface area contributed by atoms with Crippen molar-refractivity contribution in [2.75, 3.05) is 0 Å². The first-order valence-corrected chi connectivity index (χ1v) is 9.98. The van der Waals surface area contributed by atoms with E-state index < -0.39 is 17.0 Å². The average Bonchev–Trinajstić information content (AvgIpc) is 3.23. The van der Waals surface area contributed by atoms with Gasteiger partial charge in [-0.05, 0) is 50.2 Å². The number of fused-ring (bicyclic) bond motifs is 1. The number of benzene rings is 1. The molecular formula is C24H18F2N6. The standard InChI is InChI=1S/C24H18F2N6/c1-24(2,19-6-3-5-18(30-19)16-10-9-15(25)13-17(16)26)20-7-4-8-21(31-20)32-14-29-22-23(32)28-12-11-27-22/h3-14H,1-2H3. The maximum absolute atomic E-state index is 14.3. The van der Waals surface area contributed by atoms with Crippen molar-refractivity contribution in [1.29, 1.82) is 0 Å². The average molecular weight is 428 g/mol. The van der Waals surface area contributed by atoms with Gasteiger partial charge >= 0.3 is 0 Å². The molecule has 0 amide bonds. The lowest BCUT2D eigenvalue weighted by molar-refractivity contribution is 0.582. The Morgan fingerprint density at radius 3 is 2.38 bits per heavy atom. The number of hydrogen-bond acceptors (Lipinski definition) is 5. The van der Waals surface area contributed by atoms with Gasteiger partial charge in [0, 0.05) is 29.4 Å². The molecule has 8 heteroatoms. The summed E-state index contributed by atoms with van der Waals surface area (Å²) in [4.78, 5) is 22.4. The predicted octanol–water partition coefficient (Wildman–Crippen LogP) is 4.88. The maximum Gasteiger partial charge on any atom is 0.197 e. The van der Waals surface area contributed by atoms with Gasteiger partial charge in [-0.1, -0.05) is 12.1 Å². The first-order valence-electron chi connectivity index (χ1n) is 9.98. The van der Waals surface area contributed by atoms with Crippen LogP contribution in [0.15, 0.2) is 73.3 Å². The van der Waals surface area contributed by atoms with Crippen molar-refractivity contribution >= 4 is 11.3 Å². The van der Waals surface area contributed by atoms with Crippen LogP contribution in [0.2, 0.25) is 0 Å². The van der Waals surface area contributed by atoms with Crippen molar-refractivity contribution in [2.45, 2.75) is 19.3 Å². The topological polar surface area (TPSA) is 69.4 Å². The summed E-state index contributed by atoms with van der Waals surface area (Å²) < 4.78 is 29.4. The van der Waals surface area contributed by atoms with E-state index in [2.05, 4.69) is 19.9 Å². The van der Waals surface area contributed by atoms with Gasteiger partial charge in [-0.2, -0.15) is 0 Å². The van der Waals surface area contributed by atoms with Crippen molar-refractivity contribution in [3.8, 4) is 17.1 Å². The normalized spacial score (nSPS) is 11.8. The summed E-state index contributed by atoms with van der Waals surface area (Å²) in [7, 11) is 0. The third-order valence-corrected chi connectivity index (χ3v) is 5.40. The molecule has 6 nitrogen and oxygen atoms in total. The Morgan fingerprint density at radius 1 is 0.812 bits per heavy atom. The Morgan fingerprint density at radius 2 is 1.56 bits per heavy atom. The highest BCUT2D eigenvalue weighted by atomic mass is 19.1. The predicted molar refractivity (Wildman–Crippen MR) is 116 cm³/mol. The van der Waals surface area contributed by atoms with Gasteiger partial charge in [0.1, 0.15) is 23.8 Å². The van der Waals surface area contributed by atoms with Crippen LogP contribution in [0.25, 0.3) is 28.4 Å². The van der Waals surface area contributed by atoms with E-state index in [4.69, 9.17) is 4.98 Å². The van der Waals surface area contributed by atoms with Gasteiger partial charge in [-0.25, -0.2) is 28.7 Å². The molecule has 0 radical (unpaired) electrons. The third kappa shape index (κ3) is 3.39. The molecule has 1 aromatic carbocycles. The Bertz CT molecular complexity index is 1440. The van der Waals surface area contributed by atoms with Crippen LogP contribution in [0, 0.1) is 11.6 Å². The first kappa shape index (κ1) is 19.9. The van der Waals surface area contributed by atoms with E-state index in [0.29, 0.717) is 28.5 Å². The van der Waals surface area contributed by atoms with Crippen LogP contribution in [-0.2, 0) is 5.41 Å². The molecule has 4 aromatic heterocycles. The van der Waals surface area contributed by atoms with E-state index >= 15 is 0 Å². The van der Waals surface area contributed by atoms with Crippen LogP contribution < -0.4 is 0 Å². The molecule has 0 bridgehead atoms. The zero-order valence-corrected chi connectivity index (χ0v) is 17.4. The van der Waals surface area contributed by atoms with Crippen LogP contribution in [0.4, 0.5) is 8.78 Å². The largest absolute Gasteiger partial charge is 0.266 e. The number of aromatic nitrogens is 6. The molecule has 0 unspecified atom stereocenters. The van der Waals surface area contributed by atoms with Gasteiger partial charge in [-0.15, -0.1) is 0 Å². The minimum absolute atomic E-state index is 0.245. The molecule has 0 aliphatic heterocycles. The van der Waals surface area contributed by atoms with Crippen LogP contribution in [-0.4, -0.2) is 29.5 Å². The zero-order valence-electron chi connectivity index (χ0n) is 17.4. The molecule has 0 aliphatic rings. The number of rotatable bonds is 4. The van der Waals surface area contributed by atoms with Crippen LogP contribution >= 0.6 is 0 Å². The first-order chi connectivity index (χ1) is 15.4. The van der Waals surface area contributed by atoms with E-state index in [1.807, 2.05) is 44.2 Å². The van der Waals surface area contributed by atoms with Crippen molar-refractivity contribution in [2.24, 2.45) is 0 Å².